The molecule has 0 spiro atoms. The highest BCUT2D eigenvalue weighted by molar-refractivity contribution is 5.92. The fraction of sp³-hybridized carbons (Fsp3) is 0.111. The number of amides is 1. The predicted octanol–water partition coefficient (Wildman–Crippen LogP) is 2.90. The Morgan fingerprint density at radius 1 is 1.17 bits per heavy atom. The molecule has 2 heterocycles. The van der Waals surface area contributed by atoms with Gasteiger partial charge in [-0.25, -0.2) is 5.43 Å². The van der Waals surface area contributed by atoms with Crippen LogP contribution >= 0.6 is 0 Å². The van der Waals surface area contributed by atoms with Gasteiger partial charge in [0.05, 0.1) is 18.2 Å². The smallest absolute Gasteiger partial charge is 0.307 e. The van der Waals surface area contributed by atoms with Crippen molar-refractivity contribution < 1.29 is 9.21 Å². The van der Waals surface area contributed by atoms with Crippen LogP contribution in [0.25, 0.3) is 5.69 Å². The van der Waals surface area contributed by atoms with Gasteiger partial charge in [0.15, 0.2) is 5.76 Å². The van der Waals surface area contributed by atoms with Crippen molar-refractivity contribution in [3.63, 3.8) is 0 Å². The van der Waals surface area contributed by atoms with Crippen LogP contribution in [-0.4, -0.2) is 30.8 Å². The first-order valence-electron chi connectivity index (χ1n) is 7.47. The third-order valence-corrected chi connectivity index (χ3v) is 3.53. The standard InChI is InChI=1S/C18H18N4O2/c1-21(2)14-7-9-15(10-8-14)22-11-3-5-16(22)13-19-20-18(23)17-6-4-12-24-17/h3-13H,1-2H3,(H,20,23)/b19-13-. The summed E-state index contributed by atoms with van der Waals surface area (Å²) in [7, 11) is 4.01. The highest BCUT2D eigenvalue weighted by Crippen LogP contribution is 2.17. The maximum absolute atomic E-state index is 11.8. The zero-order valence-corrected chi connectivity index (χ0v) is 13.5. The molecule has 0 radical (unpaired) electrons. The molecular formula is C18H18N4O2. The molecule has 0 aliphatic carbocycles. The van der Waals surface area contributed by atoms with Crippen molar-refractivity contribution >= 4 is 17.8 Å². The van der Waals surface area contributed by atoms with E-state index < -0.39 is 0 Å². The second-order valence-electron chi connectivity index (χ2n) is 5.39. The zero-order valence-electron chi connectivity index (χ0n) is 13.5. The van der Waals surface area contributed by atoms with Crippen LogP contribution in [0.3, 0.4) is 0 Å². The van der Waals surface area contributed by atoms with Gasteiger partial charge in [0.2, 0.25) is 0 Å². The summed E-state index contributed by atoms with van der Waals surface area (Å²) in [5.41, 5.74) is 5.45. The lowest BCUT2D eigenvalue weighted by Crippen LogP contribution is -2.17. The molecule has 6 nitrogen and oxygen atoms in total. The van der Waals surface area contributed by atoms with Crippen molar-refractivity contribution in [2.75, 3.05) is 19.0 Å². The van der Waals surface area contributed by atoms with Crippen LogP contribution in [0.1, 0.15) is 16.2 Å². The Kier molecular flexibility index (Phi) is 4.47. The number of nitrogens with one attached hydrogen (secondary N) is 1. The van der Waals surface area contributed by atoms with Crippen LogP contribution in [0.15, 0.2) is 70.5 Å². The lowest BCUT2D eigenvalue weighted by atomic mass is 10.2. The van der Waals surface area contributed by atoms with Crippen LogP contribution in [0.4, 0.5) is 5.69 Å². The number of hydrazone groups is 1. The Hall–Kier alpha value is -3.28. The molecule has 122 valence electrons. The highest BCUT2D eigenvalue weighted by Gasteiger charge is 2.06. The molecule has 0 aliphatic heterocycles. The second kappa shape index (κ2) is 6.87. The van der Waals surface area contributed by atoms with E-state index in [1.165, 1.54) is 6.26 Å². The van der Waals surface area contributed by atoms with E-state index in [2.05, 4.69) is 22.7 Å². The van der Waals surface area contributed by atoms with Gasteiger partial charge in [-0.1, -0.05) is 0 Å². The summed E-state index contributed by atoms with van der Waals surface area (Å²) in [5, 5.41) is 3.99. The summed E-state index contributed by atoms with van der Waals surface area (Å²) < 4.78 is 7.00. The highest BCUT2D eigenvalue weighted by atomic mass is 16.3. The van der Waals surface area contributed by atoms with Crippen LogP contribution in [0.2, 0.25) is 0 Å². The number of nitrogens with zero attached hydrogens (tertiary/aromatic N) is 3. The Morgan fingerprint density at radius 2 is 1.96 bits per heavy atom. The summed E-state index contributed by atoms with van der Waals surface area (Å²) in [6, 6.07) is 15.3. The second-order valence-corrected chi connectivity index (χ2v) is 5.39. The van der Waals surface area contributed by atoms with Crippen LogP contribution < -0.4 is 10.3 Å². The number of carbonyl (C=O) groups excluding carboxylic acids is 1. The fourth-order valence-electron chi connectivity index (χ4n) is 2.27. The zero-order chi connectivity index (χ0) is 16.9. The maximum Gasteiger partial charge on any atom is 0.307 e. The van der Waals surface area contributed by atoms with E-state index in [0.29, 0.717) is 0 Å². The number of furan rings is 1. The van der Waals surface area contributed by atoms with Crippen molar-refractivity contribution in [2.24, 2.45) is 5.10 Å². The fourth-order valence-corrected chi connectivity index (χ4v) is 2.27. The molecule has 0 atom stereocenters. The Labute approximate surface area is 140 Å². The lowest BCUT2D eigenvalue weighted by Gasteiger charge is -2.13. The normalized spacial score (nSPS) is 10.9. The van der Waals surface area contributed by atoms with Crippen LogP contribution in [-0.2, 0) is 0 Å². The first-order chi connectivity index (χ1) is 11.6. The van der Waals surface area contributed by atoms with Gasteiger partial charge >= 0.3 is 5.91 Å². The molecule has 6 heteroatoms. The van der Waals surface area contributed by atoms with Gasteiger partial charge in [-0.15, -0.1) is 0 Å². The maximum atomic E-state index is 11.8. The molecule has 0 saturated carbocycles. The van der Waals surface area contributed by atoms with Gasteiger partial charge in [-0.3, -0.25) is 4.79 Å². The molecule has 1 aromatic carbocycles. The third kappa shape index (κ3) is 3.38. The van der Waals surface area contributed by atoms with Gasteiger partial charge < -0.3 is 13.9 Å². The van der Waals surface area contributed by atoms with Crippen molar-refractivity contribution in [3.05, 3.63) is 72.4 Å². The molecule has 1 N–H and O–H groups in total. The Morgan fingerprint density at radius 3 is 2.62 bits per heavy atom. The average molecular weight is 322 g/mol. The summed E-state index contributed by atoms with van der Waals surface area (Å²) in [6.45, 7) is 0. The van der Waals surface area contributed by atoms with Crippen molar-refractivity contribution in [1.82, 2.24) is 9.99 Å². The number of benzene rings is 1. The van der Waals surface area contributed by atoms with E-state index in [1.54, 1.807) is 18.3 Å². The van der Waals surface area contributed by atoms with Gasteiger partial charge in [0.25, 0.3) is 0 Å². The predicted molar refractivity (Wildman–Crippen MR) is 93.9 cm³/mol. The average Bonchev–Trinajstić information content (AvgIpc) is 3.26. The number of aromatic nitrogens is 1. The minimum Gasteiger partial charge on any atom is -0.459 e. The monoisotopic (exact) mass is 322 g/mol. The molecule has 24 heavy (non-hydrogen) atoms. The Bertz CT molecular complexity index is 830. The molecular weight excluding hydrogens is 304 g/mol. The van der Waals surface area contributed by atoms with Crippen LogP contribution in [0.5, 0.6) is 0 Å². The van der Waals surface area contributed by atoms with Gasteiger partial charge in [-0.2, -0.15) is 5.10 Å². The van der Waals surface area contributed by atoms with E-state index in [9.17, 15) is 4.79 Å². The van der Waals surface area contributed by atoms with E-state index in [4.69, 9.17) is 4.42 Å². The summed E-state index contributed by atoms with van der Waals surface area (Å²) in [4.78, 5) is 13.8. The molecule has 0 bridgehead atoms. The van der Waals surface area contributed by atoms with E-state index in [0.717, 1.165) is 17.1 Å². The summed E-state index contributed by atoms with van der Waals surface area (Å²) in [6.07, 6.45) is 4.99. The number of carbonyl (C=O) groups is 1. The minimum atomic E-state index is -0.385. The van der Waals surface area contributed by atoms with E-state index in [-0.39, 0.29) is 11.7 Å². The van der Waals surface area contributed by atoms with Gasteiger partial charge in [0, 0.05) is 31.7 Å². The molecule has 0 fully saturated rings. The number of anilines is 1. The molecule has 1 amide bonds. The quantitative estimate of drug-likeness (QED) is 0.580. The molecule has 3 aromatic rings. The first kappa shape index (κ1) is 15.6. The topological polar surface area (TPSA) is 62.8 Å². The number of hydrogen-bond donors (Lipinski definition) is 1. The third-order valence-electron chi connectivity index (χ3n) is 3.53. The molecule has 2 aromatic heterocycles. The SMILES string of the molecule is CN(C)c1ccc(-n2cccc2/C=N\NC(=O)c2ccco2)cc1. The lowest BCUT2D eigenvalue weighted by molar-refractivity contribution is 0.0927. The summed E-state index contributed by atoms with van der Waals surface area (Å²) >= 11 is 0. The molecule has 0 unspecified atom stereocenters. The molecule has 3 rings (SSSR count). The van der Waals surface area contributed by atoms with Crippen molar-refractivity contribution in [1.29, 1.82) is 0 Å². The molecule has 0 aliphatic rings. The molecule has 0 saturated heterocycles. The first-order valence-corrected chi connectivity index (χ1v) is 7.47. The minimum absolute atomic E-state index is 0.224. The number of hydrogen-bond acceptors (Lipinski definition) is 4. The summed E-state index contributed by atoms with van der Waals surface area (Å²) in [5.74, 6) is -0.161. The van der Waals surface area contributed by atoms with Gasteiger partial charge in [0.1, 0.15) is 0 Å². The van der Waals surface area contributed by atoms with E-state index >= 15 is 0 Å². The van der Waals surface area contributed by atoms with Crippen molar-refractivity contribution in [2.45, 2.75) is 0 Å². The Balaban J connectivity index is 1.73. The van der Waals surface area contributed by atoms with Crippen LogP contribution in [0, 0.1) is 0 Å². The number of rotatable bonds is 5. The van der Waals surface area contributed by atoms with Crippen molar-refractivity contribution in [3.8, 4) is 5.69 Å². The largest absolute Gasteiger partial charge is 0.459 e. The van der Waals surface area contributed by atoms with E-state index in [1.807, 2.05) is 54.0 Å². The van der Waals surface area contributed by atoms with Gasteiger partial charge in [-0.05, 0) is 48.5 Å².